The topological polar surface area (TPSA) is 77.2 Å². The van der Waals surface area contributed by atoms with E-state index < -0.39 is 5.54 Å². The lowest BCUT2D eigenvalue weighted by Gasteiger charge is -2.21. The molecular formula is C16H27N3O3. The largest absolute Gasteiger partial charge is 0.365 e. The minimum absolute atomic E-state index is 0.126. The van der Waals surface area contributed by atoms with Crippen LogP contribution in [0.3, 0.4) is 0 Å². The summed E-state index contributed by atoms with van der Waals surface area (Å²) in [5.41, 5.74) is -0.657. The van der Waals surface area contributed by atoms with Crippen LogP contribution in [0.1, 0.15) is 84.0 Å². The second-order valence-corrected chi connectivity index (χ2v) is 6.65. The van der Waals surface area contributed by atoms with Crippen LogP contribution >= 0.6 is 0 Å². The third kappa shape index (κ3) is 4.53. The number of carbonyl (C=O) groups excluding carboxylic acids is 1. The van der Waals surface area contributed by atoms with E-state index in [-0.39, 0.29) is 18.1 Å². The minimum atomic E-state index is -0.657. The molecule has 1 aliphatic rings. The summed E-state index contributed by atoms with van der Waals surface area (Å²) in [6.07, 6.45) is 7.29. The van der Waals surface area contributed by atoms with Gasteiger partial charge in [-0.15, -0.1) is 0 Å². The quantitative estimate of drug-likeness (QED) is 0.845. The van der Waals surface area contributed by atoms with E-state index in [1.807, 2.05) is 20.8 Å². The van der Waals surface area contributed by atoms with Gasteiger partial charge in [0.05, 0.1) is 11.6 Å². The van der Waals surface area contributed by atoms with Gasteiger partial charge in [-0.3, -0.25) is 4.79 Å². The van der Waals surface area contributed by atoms with Gasteiger partial charge in [0.15, 0.2) is 5.82 Å². The molecule has 1 saturated carbocycles. The van der Waals surface area contributed by atoms with Crippen LogP contribution in [-0.4, -0.2) is 22.2 Å². The number of carbonyl (C=O) groups is 1. The van der Waals surface area contributed by atoms with Crippen LogP contribution in [0.15, 0.2) is 4.52 Å². The lowest BCUT2D eigenvalue weighted by molar-refractivity contribution is -0.120. The van der Waals surface area contributed by atoms with E-state index >= 15 is 0 Å². The number of nitrogens with one attached hydrogen (secondary N) is 1. The first kappa shape index (κ1) is 16.9. The van der Waals surface area contributed by atoms with Crippen molar-refractivity contribution in [2.24, 2.45) is 0 Å². The van der Waals surface area contributed by atoms with Crippen molar-refractivity contribution in [1.29, 1.82) is 0 Å². The van der Waals surface area contributed by atoms with Gasteiger partial charge in [-0.2, -0.15) is 4.98 Å². The van der Waals surface area contributed by atoms with Crippen LogP contribution in [0.4, 0.5) is 0 Å². The molecule has 0 radical (unpaired) electrons. The maximum Gasteiger partial charge on any atom is 0.255 e. The Morgan fingerprint density at radius 3 is 2.55 bits per heavy atom. The smallest absolute Gasteiger partial charge is 0.255 e. The third-order valence-corrected chi connectivity index (χ3v) is 4.04. The van der Waals surface area contributed by atoms with Crippen molar-refractivity contribution in [1.82, 2.24) is 15.5 Å². The molecule has 0 aliphatic heterocycles. The van der Waals surface area contributed by atoms with Gasteiger partial charge in [0.1, 0.15) is 6.10 Å². The van der Waals surface area contributed by atoms with Gasteiger partial charge in [0.25, 0.3) is 5.89 Å². The van der Waals surface area contributed by atoms with Crippen molar-refractivity contribution in [3.05, 3.63) is 11.7 Å². The summed E-state index contributed by atoms with van der Waals surface area (Å²) in [5.74, 6) is 0.811. The summed E-state index contributed by atoms with van der Waals surface area (Å²) in [6.45, 7) is 7.11. The number of nitrogens with zero attached hydrogens (tertiary/aromatic N) is 2. The average Bonchev–Trinajstić information content (AvgIpc) is 2.79. The SMILES string of the molecule is CC(=O)NC(C)(C)c1noc(C(C)OC2CCCCCC2)n1. The second-order valence-electron chi connectivity index (χ2n) is 6.65. The van der Waals surface area contributed by atoms with Gasteiger partial charge in [0.2, 0.25) is 5.91 Å². The zero-order valence-corrected chi connectivity index (χ0v) is 14.0. The van der Waals surface area contributed by atoms with Crippen molar-refractivity contribution in [2.75, 3.05) is 0 Å². The lowest BCUT2D eigenvalue weighted by Crippen LogP contribution is -2.40. The zero-order chi connectivity index (χ0) is 16.2. The number of rotatable bonds is 5. The van der Waals surface area contributed by atoms with Crippen LogP contribution in [0.25, 0.3) is 0 Å². The fourth-order valence-electron chi connectivity index (χ4n) is 2.88. The fraction of sp³-hybridized carbons (Fsp3) is 0.812. The molecule has 6 nitrogen and oxygen atoms in total. The van der Waals surface area contributed by atoms with Crippen molar-refractivity contribution in [3.63, 3.8) is 0 Å². The fourth-order valence-corrected chi connectivity index (χ4v) is 2.88. The highest BCUT2D eigenvalue weighted by atomic mass is 16.5. The summed E-state index contributed by atoms with van der Waals surface area (Å²) >= 11 is 0. The van der Waals surface area contributed by atoms with Crippen LogP contribution < -0.4 is 5.32 Å². The summed E-state index contributed by atoms with van der Waals surface area (Å²) in [4.78, 5) is 15.7. The van der Waals surface area contributed by atoms with Crippen molar-refractivity contribution < 1.29 is 14.1 Å². The predicted octanol–water partition coefficient (Wildman–Crippen LogP) is 3.24. The summed E-state index contributed by atoms with van der Waals surface area (Å²) in [7, 11) is 0. The van der Waals surface area contributed by atoms with Crippen LogP contribution in [0, 0.1) is 0 Å². The molecule has 22 heavy (non-hydrogen) atoms. The Balaban J connectivity index is 1.99. The normalized spacial score (nSPS) is 18.7. The minimum Gasteiger partial charge on any atom is -0.365 e. The van der Waals surface area contributed by atoms with E-state index in [1.54, 1.807) is 0 Å². The monoisotopic (exact) mass is 309 g/mol. The Bertz CT molecular complexity index is 491. The van der Waals surface area contributed by atoms with E-state index in [2.05, 4.69) is 15.5 Å². The van der Waals surface area contributed by atoms with Gasteiger partial charge in [-0.05, 0) is 33.6 Å². The maximum atomic E-state index is 11.2. The Kier molecular flexibility index (Phi) is 5.56. The zero-order valence-electron chi connectivity index (χ0n) is 14.0. The first-order chi connectivity index (χ1) is 10.4. The molecule has 0 aromatic carbocycles. The molecule has 1 N–H and O–H groups in total. The Hall–Kier alpha value is -1.43. The molecule has 1 amide bonds. The highest BCUT2D eigenvalue weighted by Crippen LogP contribution is 2.26. The van der Waals surface area contributed by atoms with Gasteiger partial charge in [0, 0.05) is 6.92 Å². The van der Waals surface area contributed by atoms with Crippen LogP contribution in [-0.2, 0) is 15.1 Å². The molecule has 1 unspecified atom stereocenters. The van der Waals surface area contributed by atoms with Crippen molar-refractivity contribution >= 4 is 5.91 Å². The molecule has 0 bridgehead atoms. The van der Waals surface area contributed by atoms with Gasteiger partial charge >= 0.3 is 0 Å². The first-order valence-electron chi connectivity index (χ1n) is 8.17. The number of hydrogen-bond acceptors (Lipinski definition) is 5. The molecule has 0 saturated heterocycles. The molecule has 1 heterocycles. The molecule has 1 aromatic heterocycles. The maximum absolute atomic E-state index is 11.2. The molecule has 124 valence electrons. The summed E-state index contributed by atoms with van der Waals surface area (Å²) < 4.78 is 11.4. The van der Waals surface area contributed by atoms with Crippen LogP contribution in [0.2, 0.25) is 0 Å². The molecular weight excluding hydrogens is 282 g/mol. The number of ether oxygens (including phenoxy) is 1. The average molecular weight is 309 g/mol. The van der Waals surface area contributed by atoms with Crippen molar-refractivity contribution in [2.45, 2.75) is 84.0 Å². The van der Waals surface area contributed by atoms with Gasteiger partial charge in [-0.25, -0.2) is 0 Å². The van der Waals surface area contributed by atoms with E-state index in [4.69, 9.17) is 9.26 Å². The third-order valence-electron chi connectivity index (χ3n) is 4.04. The Morgan fingerprint density at radius 1 is 1.32 bits per heavy atom. The predicted molar refractivity (Wildman–Crippen MR) is 82.1 cm³/mol. The Labute approximate surface area is 132 Å². The first-order valence-corrected chi connectivity index (χ1v) is 8.17. The summed E-state index contributed by atoms with van der Waals surface area (Å²) in [6, 6.07) is 0. The summed E-state index contributed by atoms with van der Waals surface area (Å²) in [5, 5.41) is 6.81. The van der Waals surface area contributed by atoms with Crippen LogP contribution in [0.5, 0.6) is 0 Å². The van der Waals surface area contributed by atoms with Gasteiger partial charge in [-0.1, -0.05) is 30.8 Å². The second kappa shape index (κ2) is 7.22. The molecule has 0 spiro atoms. The standard InChI is InChI=1S/C16H27N3O3/c1-11(21-13-9-7-5-6-8-10-13)14-17-15(19-22-14)16(3,4)18-12(2)20/h11,13H,5-10H2,1-4H3,(H,18,20). The number of hydrogen-bond donors (Lipinski definition) is 1. The highest BCUT2D eigenvalue weighted by Gasteiger charge is 2.29. The van der Waals surface area contributed by atoms with E-state index in [9.17, 15) is 4.79 Å². The molecule has 6 heteroatoms. The molecule has 1 aromatic rings. The van der Waals surface area contributed by atoms with Crippen molar-refractivity contribution in [3.8, 4) is 0 Å². The molecule has 1 aliphatic carbocycles. The van der Waals surface area contributed by atoms with E-state index in [1.165, 1.54) is 32.6 Å². The molecule has 1 fully saturated rings. The van der Waals surface area contributed by atoms with Gasteiger partial charge < -0.3 is 14.6 Å². The van der Waals surface area contributed by atoms with E-state index in [0.29, 0.717) is 11.7 Å². The number of amides is 1. The number of aromatic nitrogens is 2. The molecule has 2 rings (SSSR count). The highest BCUT2D eigenvalue weighted by molar-refractivity contribution is 5.73. The van der Waals surface area contributed by atoms with E-state index in [0.717, 1.165) is 12.8 Å². The molecule has 1 atom stereocenters. The Morgan fingerprint density at radius 2 is 1.95 bits per heavy atom. The lowest BCUT2D eigenvalue weighted by atomic mass is 10.1.